The van der Waals surface area contributed by atoms with Crippen LogP contribution >= 0.6 is 0 Å². The lowest BCUT2D eigenvalue weighted by atomic mass is 9.94. The van der Waals surface area contributed by atoms with E-state index in [4.69, 9.17) is 0 Å². The summed E-state index contributed by atoms with van der Waals surface area (Å²) in [6, 6.07) is 23.7. The molecule has 0 saturated carbocycles. The van der Waals surface area contributed by atoms with Crippen molar-refractivity contribution in [3.8, 4) is 0 Å². The van der Waals surface area contributed by atoms with Gasteiger partial charge < -0.3 is 29.3 Å². The Morgan fingerprint density at radius 2 is 1.62 bits per heavy atom. The zero-order valence-corrected chi connectivity index (χ0v) is 19.6. The van der Waals surface area contributed by atoms with Crippen molar-refractivity contribution in [2.45, 2.75) is 26.2 Å². The Labute approximate surface area is 191 Å². The molecule has 0 amide bonds. The molecule has 1 aliphatic rings. The van der Waals surface area contributed by atoms with Crippen LogP contribution in [0.5, 0.6) is 0 Å². The molecule has 2 nitrogen and oxygen atoms in total. The van der Waals surface area contributed by atoms with Crippen molar-refractivity contribution in [2.75, 3.05) is 19.4 Å². The second-order valence-corrected chi connectivity index (χ2v) is 7.95. The van der Waals surface area contributed by atoms with E-state index >= 15 is 0 Å². The second kappa shape index (κ2) is 9.14. The number of fused-ring (bicyclic) bond motifs is 3. The maximum Gasteiger partial charge on any atom is 0.145 e. The summed E-state index contributed by atoms with van der Waals surface area (Å²) < 4.78 is 0.784. The van der Waals surface area contributed by atoms with E-state index in [1.807, 2.05) is 6.07 Å². The summed E-state index contributed by atoms with van der Waals surface area (Å²) in [5.74, 6) is 0. The molecule has 0 spiro atoms. The molecule has 1 heterocycles. The van der Waals surface area contributed by atoms with Gasteiger partial charge in [0.2, 0.25) is 0 Å². The molecule has 0 saturated heterocycles. The van der Waals surface area contributed by atoms with Crippen molar-refractivity contribution in [3.05, 3.63) is 90.3 Å². The number of likely N-dealkylation sites (N-methyl/N-ethyl adjacent to an activating group) is 1. The fraction of sp³-hybridized carbons (Fsp3) is 0.231. The molecule has 0 radical (unpaired) electrons. The van der Waals surface area contributed by atoms with Crippen LogP contribution in [0.2, 0.25) is 0 Å². The van der Waals surface area contributed by atoms with Crippen LogP contribution in [0.25, 0.3) is 16.3 Å². The summed E-state index contributed by atoms with van der Waals surface area (Å²) in [4.78, 5) is 0. The predicted molar refractivity (Wildman–Crippen MR) is 123 cm³/mol. The third kappa shape index (κ3) is 4.12. The van der Waals surface area contributed by atoms with E-state index in [1.54, 1.807) is 0 Å². The number of quaternary nitrogens is 1. The molecule has 4 rings (SSSR count). The van der Waals surface area contributed by atoms with Gasteiger partial charge in [0.1, 0.15) is 11.4 Å². The maximum atomic E-state index is 3.43. The standard InChI is InChI=1S/C26H29N2.HI/c1-4-5-14-23-24(18-19-27-21-12-7-6-8-13-21)28(2,3)25-17-16-20-11-9-10-15-22(20)26(23)25;/h6-13,15-19,27H,4-5,14H2,1-3H3;1H/q+1;/p-1. The number of unbranched alkanes of at least 4 members (excludes halogenated alkanes) is 1. The first-order valence-electron chi connectivity index (χ1n) is 10.2. The number of allylic oxidation sites excluding steroid dienone is 2. The molecule has 0 aliphatic carbocycles. The SMILES string of the molecule is CCCCC1=C(C=CNc2ccccc2)[N+](C)(C)c2ccc3ccccc3c21.[I-]. The third-order valence-electron chi connectivity index (χ3n) is 5.77. The van der Waals surface area contributed by atoms with Gasteiger partial charge in [-0.15, -0.1) is 0 Å². The van der Waals surface area contributed by atoms with Gasteiger partial charge in [-0.05, 0) is 41.8 Å². The fourth-order valence-electron chi connectivity index (χ4n) is 4.28. The number of nitrogens with one attached hydrogen (secondary N) is 1. The van der Waals surface area contributed by atoms with E-state index in [0.717, 1.165) is 16.6 Å². The van der Waals surface area contributed by atoms with Crippen LogP contribution in [0.4, 0.5) is 11.4 Å². The lowest BCUT2D eigenvalue weighted by Crippen LogP contribution is -3.00. The Morgan fingerprint density at radius 1 is 0.897 bits per heavy atom. The minimum atomic E-state index is 0. The topological polar surface area (TPSA) is 12.0 Å². The highest BCUT2D eigenvalue weighted by Crippen LogP contribution is 2.48. The molecule has 150 valence electrons. The first-order valence-corrected chi connectivity index (χ1v) is 10.2. The van der Waals surface area contributed by atoms with E-state index in [2.05, 4.69) is 99.3 Å². The molecule has 3 aromatic rings. The second-order valence-electron chi connectivity index (χ2n) is 7.95. The van der Waals surface area contributed by atoms with Crippen LogP contribution in [0, 0.1) is 0 Å². The van der Waals surface area contributed by atoms with E-state index in [-0.39, 0.29) is 24.0 Å². The van der Waals surface area contributed by atoms with Crippen LogP contribution in [0.1, 0.15) is 31.7 Å². The number of benzene rings is 3. The molecule has 0 fully saturated rings. The summed E-state index contributed by atoms with van der Waals surface area (Å²) in [5, 5.41) is 6.12. The molecule has 0 atom stereocenters. The van der Waals surface area contributed by atoms with Crippen molar-refractivity contribution in [3.63, 3.8) is 0 Å². The van der Waals surface area contributed by atoms with Crippen molar-refractivity contribution < 1.29 is 24.0 Å². The van der Waals surface area contributed by atoms with Crippen molar-refractivity contribution in [1.82, 2.24) is 4.48 Å². The lowest BCUT2D eigenvalue weighted by Gasteiger charge is -2.26. The van der Waals surface area contributed by atoms with Crippen LogP contribution in [-0.4, -0.2) is 14.1 Å². The predicted octanol–water partition coefficient (Wildman–Crippen LogP) is 3.95. The van der Waals surface area contributed by atoms with E-state index in [1.165, 1.54) is 46.1 Å². The number of hydrogen-bond acceptors (Lipinski definition) is 1. The van der Waals surface area contributed by atoms with Gasteiger partial charge in [-0.1, -0.05) is 55.8 Å². The molecule has 0 unspecified atom stereocenters. The van der Waals surface area contributed by atoms with Gasteiger partial charge in [-0.25, -0.2) is 0 Å². The summed E-state index contributed by atoms with van der Waals surface area (Å²) >= 11 is 0. The quantitative estimate of drug-likeness (QED) is 0.403. The molecule has 29 heavy (non-hydrogen) atoms. The molecular formula is C26H29IN2. The highest BCUT2D eigenvalue weighted by molar-refractivity contribution is 6.03. The van der Waals surface area contributed by atoms with Crippen molar-refractivity contribution in [1.29, 1.82) is 0 Å². The number of nitrogens with zero attached hydrogens (tertiary/aromatic N) is 1. The van der Waals surface area contributed by atoms with E-state index in [9.17, 15) is 0 Å². The van der Waals surface area contributed by atoms with Gasteiger partial charge >= 0.3 is 0 Å². The average molecular weight is 496 g/mol. The molecule has 0 aromatic heterocycles. The monoisotopic (exact) mass is 496 g/mol. The smallest absolute Gasteiger partial charge is 0.145 e. The number of rotatable bonds is 6. The molecule has 3 aromatic carbocycles. The van der Waals surface area contributed by atoms with E-state index < -0.39 is 0 Å². The number of para-hydroxylation sites is 1. The lowest BCUT2D eigenvalue weighted by molar-refractivity contribution is -0.00000563. The highest BCUT2D eigenvalue weighted by Gasteiger charge is 2.38. The maximum absolute atomic E-state index is 3.43. The minimum Gasteiger partial charge on any atom is -1.00 e. The minimum absolute atomic E-state index is 0. The zero-order chi connectivity index (χ0) is 19.6. The summed E-state index contributed by atoms with van der Waals surface area (Å²) in [6.45, 7) is 2.27. The highest BCUT2D eigenvalue weighted by atomic mass is 127. The molecule has 1 N–H and O–H groups in total. The Morgan fingerprint density at radius 3 is 2.38 bits per heavy atom. The van der Waals surface area contributed by atoms with Gasteiger partial charge in [0.05, 0.1) is 19.7 Å². The van der Waals surface area contributed by atoms with Crippen LogP contribution in [-0.2, 0) is 0 Å². The van der Waals surface area contributed by atoms with E-state index in [0.29, 0.717) is 0 Å². The molecular weight excluding hydrogens is 467 g/mol. The van der Waals surface area contributed by atoms with Gasteiger partial charge in [0, 0.05) is 29.6 Å². The summed E-state index contributed by atoms with van der Waals surface area (Å²) in [6.07, 6.45) is 7.89. The number of halogens is 1. The van der Waals surface area contributed by atoms with Crippen LogP contribution in [0.15, 0.2) is 84.7 Å². The fourth-order valence-corrected chi connectivity index (χ4v) is 4.28. The molecule has 0 bridgehead atoms. The van der Waals surface area contributed by atoms with Gasteiger partial charge in [-0.2, -0.15) is 0 Å². The zero-order valence-electron chi connectivity index (χ0n) is 17.5. The Bertz CT molecular complexity index is 1050. The average Bonchev–Trinajstić information content (AvgIpc) is 2.94. The molecule has 3 heteroatoms. The van der Waals surface area contributed by atoms with Crippen molar-refractivity contribution in [2.24, 2.45) is 0 Å². The number of hydrogen-bond donors (Lipinski definition) is 1. The number of anilines is 1. The summed E-state index contributed by atoms with van der Waals surface area (Å²) in [5.41, 5.74) is 6.81. The Hall–Kier alpha value is -2.11. The van der Waals surface area contributed by atoms with Gasteiger partial charge in [0.15, 0.2) is 0 Å². The first kappa shape index (κ1) is 21.6. The van der Waals surface area contributed by atoms with Gasteiger partial charge in [-0.3, -0.25) is 4.48 Å². The third-order valence-corrected chi connectivity index (χ3v) is 5.77. The van der Waals surface area contributed by atoms with Gasteiger partial charge in [0.25, 0.3) is 0 Å². The van der Waals surface area contributed by atoms with Crippen molar-refractivity contribution >= 4 is 27.7 Å². The van der Waals surface area contributed by atoms with Crippen LogP contribution < -0.4 is 33.8 Å². The van der Waals surface area contributed by atoms with Crippen LogP contribution in [0.3, 0.4) is 0 Å². The first-order chi connectivity index (χ1) is 13.6. The summed E-state index contributed by atoms with van der Waals surface area (Å²) in [7, 11) is 4.60. The largest absolute Gasteiger partial charge is 1.00 e. The Balaban J connectivity index is 0.00000240. The normalized spacial score (nSPS) is 14.9. The molecule has 1 aliphatic heterocycles. The Kier molecular flexibility index (Phi) is 6.81.